The smallest absolute Gasteiger partial charge is 0.309 e. The third kappa shape index (κ3) is 5.20. The molecule has 120 valence electrons. The van der Waals surface area contributed by atoms with Crippen molar-refractivity contribution in [3.63, 3.8) is 0 Å². The Morgan fingerprint density at radius 3 is 2.38 bits per heavy atom. The van der Waals surface area contributed by atoms with Crippen molar-refractivity contribution >= 4 is 23.6 Å². The van der Waals surface area contributed by atoms with Crippen LogP contribution >= 0.6 is 11.8 Å². The Bertz CT molecular complexity index is 347. The Hall–Kier alpha value is -0.710. The SMILES string of the molecule is CCOC(=O)C1CCN(C(=O)CSC2CCCCC2)CC1. The lowest BCUT2D eigenvalue weighted by molar-refractivity contribution is -0.151. The minimum atomic E-state index is -0.0961. The van der Waals surface area contributed by atoms with E-state index in [1.165, 1.54) is 32.1 Å². The van der Waals surface area contributed by atoms with E-state index in [1.807, 2.05) is 23.6 Å². The van der Waals surface area contributed by atoms with Crippen LogP contribution in [0, 0.1) is 5.92 Å². The van der Waals surface area contributed by atoms with E-state index in [4.69, 9.17) is 4.74 Å². The quantitative estimate of drug-likeness (QED) is 0.732. The topological polar surface area (TPSA) is 46.6 Å². The molecule has 21 heavy (non-hydrogen) atoms. The molecule has 2 fully saturated rings. The molecule has 1 amide bonds. The van der Waals surface area contributed by atoms with Gasteiger partial charge in [0.25, 0.3) is 0 Å². The van der Waals surface area contributed by atoms with E-state index >= 15 is 0 Å². The van der Waals surface area contributed by atoms with Crippen molar-refractivity contribution < 1.29 is 14.3 Å². The van der Waals surface area contributed by atoms with Gasteiger partial charge in [-0.3, -0.25) is 9.59 Å². The highest BCUT2D eigenvalue weighted by Crippen LogP contribution is 2.28. The van der Waals surface area contributed by atoms with Crippen LogP contribution in [-0.2, 0) is 14.3 Å². The lowest BCUT2D eigenvalue weighted by Crippen LogP contribution is -2.41. The number of hydrogen-bond donors (Lipinski definition) is 0. The fraction of sp³-hybridized carbons (Fsp3) is 0.875. The number of piperidine rings is 1. The zero-order chi connectivity index (χ0) is 15.1. The van der Waals surface area contributed by atoms with Gasteiger partial charge >= 0.3 is 5.97 Å². The minimum absolute atomic E-state index is 0.0139. The van der Waals surface area contributed by atoms with Gasteiger partial charge in [0.2, 0.25) is 5.91 Å². The summed E-state index contributed by atoms with van der Waals surface area (Å²) in [5, 5.41) is 0.680. The fourth-order valence-corrected chi connectivity index (χ4v) is 4.36. The number of likely N-dealkylation sites (tertiary alicyclic amines) is 1. The lowest BCUT2D eigenvalue weighted by atomic mass is 9.97. The molecule has 1 aliphatic heterocycles. The summed E-state index contributed by atoms with van der Waals surface area (Å²) in [5.74, 6) is 0.739. The molecular formula is C16H27NO3S. The van der Waals surface area contributed by atoms with Crippen LogP contribution in [0.1, 0.15) is 51.9 Å². The second-order valence-electron chi connectivity index (χ2n) is 5.98. The van der Waals surface area contributed by atoms with Gasteiger partial charge in [-0.25, -0.2) is 0 Å². The summed E-state index contributed by atoms with van der Waals surface area (Å²) < 4.78 is 5.06. The first kappa shape index (κ1) is 16.7. The van der Waals surface area contributed by atoms with Gasteiger partial charge in [0, 0.05) is 18.3 Å². The van der Waals surface area contributed by atoms with Gasteiger partial charge in [0.1, 0.15) is 0 Å². The average molecular weight is 313 g/mol. The lowest BCUT2D eigenvalue weighted by Gasteiger charge is -2.31. The number of carbonyl (C=O) groups is 2. The molecule has 0 aromatic carbocycles. The summed E-state index contributed by atoms with van der Waals surface area (Å²) in [6, 6.07) is 0. The van der Waals surface area contributed by atoms with Crippen molar-refractivity contribution in [2.45, 2.75) is 57.1 Å². The monoisotopic (exact) mass is 313 g/mol. The normalized spacial score (nSPS) is 21.3. The molecule has 0 radical (unpaired) electrons. The van der Waals surface area contributed by atoms with E-state index in [-0.39, 0.29) is 17.8 Å². The molecule has 0 N–H and O–H groups in total. The Kier molecular flexibility index (Phi) is 6.87. The van der Waals surface area contributed by atoms with Gasteiger partial charge in [-0.15, -0.1) is 11.8 Å². The fourth-order valence-electron chi connectivity index (χ4n) is 3.14. The molecular weight excluding hydrogens is 286 g/mol. The average Bonchev–Trinajstić information content (AvgIpc) is 2.54. The summed E-state index contributed by atoms with van der Waals surface area (Å²) in [4.78, 5) is 25.8. The van der Waals surface area contributed by atoms with Crippen molar-refractivity contribution in [1.29, 1.82) is 0 Å². The van der Waals surface area contributed by atoms with Crippen LogP contribution in [-0.4, -0.2) is 47.5 Å². The Labute approximate surface area is 132 Å². The first-order chi connectivity index (χ1) is 10.2. The Balaban J connectivity index is 1.66. The third-order valence-electron chi connectivity index (χ3n) is 4.46. The predicted octanol–water partition coefficient (Wildman–Crippen LogP) is 2.85. The van der Waals surface area contributed by atoms with E-state index in [9.17, 15) is 9.59 Å². The first-order valence-corrected chi connectivity index (χ1v) is 9.31. The molecule has 0 aromatic heterocycles. The van der Waals surface area contributed by atoms with E-state index in [1.54, 1.807) is 0 Å². The van der Waals surface area contributed by atoms with Crippen molar-refractivity contribution in [3.05, 3.63) is 0 Å². The number of rotatable bonds is 5. The maximum atomic E-state index is 12.2. The number of nitrogens with zero attached hydrogens (tertiary/aromatic N) is 1. The summed E-state index contributed by atoms with van der Waals surface area (Å²) in [5.41, 5.74) is 0. The van der Waals surface area contributed by atoms with Crippen LogP contribution in [0.4, 0.5) is 0 Å². The Morgan fingerprint density at radius 1 is 1.10 bits per heavy atom. The minimum Gasteiger partial charge on any atom is -0.466 e. The van der Waals surface area contributed by atoms with Gasteiger partial charge < -0.3 is 9.64 Å². The van der Waals surface area contributed by atoms with E-state index in [2.05, 4.69) is 0 Å². The van der Waals surface area contributed by atoms with Crippen molar-refractivity contribution in [1.82, 2.24) is 4.90 Å². The first-order valence-electron chi connectivity index (χ1n) is 8.26. The molecule has 0 spiro atoms. The second-order valence-corrected chi connectivity index (χ2v) is 7.27. The maximum Gasteiger partial charge on any atom is 0.309 e. The van der Waals surface area contributed by atoms with Crippen LogP contribution in [0.2, 0.25) is 0 Å². The summed E-state index contributed by atoms with van der Waals surface area (Å²) in [6.45, 7) is 3.68. The van der Waals surface area contributed by atoms with Gasteiger partial charge in [-0.05, 0) is 32.6 Å². The van der Waals surface area contributed by atoms with Crippen LogP contribution in [0.15, 0.2) is 0 Å². The number of hydrogen-bond acceptors (Lipinski definition) is 4. The van der Waals surface area contributed by atoms with Crippen molar-refractivity contribution in [2.24, 2.45) is 5.92 Å². The molecule has 1 heterocycles. The van der Waals surface area contributed by atoms with Crippen molar-refractivity contribution in [2.75, 3.05) is 25.4 Å². The molecule has 4 nitrogen and oxygen atoms in total. The molecule has 0 aromatic rings. The van der Waals surface area contributed by atoms with E-state index in [0.29, 0.717) is 30.7 Å². The highest BCUT2D eigenvalue weighted by atomic mass is 32.2. The Morgan fingerprint density at radius 2 is 1.76 bits per heavy atom. The third-order valence-corrected chi connectivity index (χ3v) is 5.82. The number of amides is 1. The summed E-state index contributed by atoms with van der Waals surface area (Å²) in [7, 11) is 0. The van der Waals surface area contributed by atoms with Gasteiger partial charge in [-0.2, -0.15) is 0 Å². The summed E-state index contributed by atoms with van der Waals surface area (Å²) in [6.07, 6.45) is 8.02. The van der Waals surface area contributed by atoms with Crippen LogP contribution in [0.3, 0.4) is 0 Å². The molecule has 1 saturated carbocycles. The van der Waals surface area contributed by atoms with Gasteiger partial charge in [0.05, 0.1) is 18.3 Å². The molecule has 0 unspecified atom stereocenters. The standard InChI is InChI=1S/C16H27NO3S/c1-2-20-16(19)13-8-10-17(11-9-13)15(18)12-21-14-6-4-3-5-7-14/h13-14H,2-12H2,1H3. The molecule has 2 aliphatic rings. The van der Waals surface area contributed by atoms with E-state index in [0.717, 1.165) is 12.8 Å². The van der Waals surface area contributed by atoms with Crippen LogP contribution in [0.5, 0.6) is 0 Å². The van der Waals surface area contributed by atoms with Crippen molar-refractivity contribution in [3.8, 4) is 0 Å². The molecule has 1 aliphatic carbocycles. The zero-order valence-corrected chi connectivity index (χ0v) is 13.8. The second kappa shape index (κ2) is 8.66. The van der Waals surface area contributed by atoms with E-state index < -0.39 is 0 Å². The number of carbonyl (C=O) groups excluding carboxylic acids is 2. The number of esters is 1. The molecule has 1 saturated heterocycles. The van der Waals surface area contributed by atoms with Crippen LogP contribution < -0.4 is 0 Å². The highest BCUT2D eigenvalue weighted by molar-refractivity contribution is 8.00. The molecule has 2 rings (SSSR count). The van der Waals surface area contributed by atoms with Gasteiger partial charge in [-0.1, -0.05) is 19.3 Å². The molecule has 0 bridgehead atoms. The predicted molar refractivity (Wildman–Crippen MR) is 85.3 cm³/mol. The molecule has 5 heteroatoms. The maximum absolute atomic E-state index is 12.2. The zero-order valence-electron chi connectivity index (χ0n) is 13.0. The summed E-state index contributed by atoms with van der Waals surface area (Å²) >= 11 is 1.83. The largest absolute Gasteiger partial charge is 0.466 e. The molecule has 0 atom stereocenters. The number of ether oxygens (including phenoxy) is 1. The van der Waals surface area contributed by atoms with Crippen LogP contribution in [0.25, 0.3) is 0 Å². The number of thioether (sulfide) groups is 1. The van der Waals surface area contributed by atoms with Gasteiger partial charge in [0.15, 0.2) is 0 Å². The highest BCUT2D eigenvalue weighted by Gasteiger charge is 2.28.